The van der Waals surface area contributed by atoms with Crippen molar-refractivity contribution in [3.63, 3.8) is 0 Å². The molecule has 1 aromatic heterocycles. The van der Waals surface area contributed by atoms with E-state index in [2.05, 4.69) is 15.8 Å². The van der Waals surface area contributed by atoms with Crippen LogP contribution < -0.4 is 10.6 Å². The molecule has 0 unspecified atom stereocenters. The van der Waals surface area contributed by atoms with E-state index in [0.29, 0.717) is 11.6 Å². The first-order valence-electron chi connectivity index (χ1n) is 7.37. The Morgan fingerprint density at radius 2 is 2.13 bits per heavy atom. The maximum Gasteiger partial charge on any atom is 0.320 e. The molecule has 0 fully saturated rings. The summed E-state index contributed by atoms with van der Waals surface area (Å²) >= 11 is 0. The predicted octanol–water partition coefficient (Wildman–Crippen LogP) is 2.24. The average Bonchev–Trinajstić information content (AvgIpc) is 2.96. The van der Waals surface area contributed by atoms with Crippen LogP contribution in [0.15, 0.2) is 40.9 Å². The van der Waals surface area contributed by atoms with Gasteiger partial charge in [0.2, 0.25) is 0 Å². The molecule has 2 atom stereocenters. The van der Waals surface area contributed by atoms with Gasteiger partial charge in [0.25, 0.3) is 0 Å². The first-order chi connectivity index (χ1) is 11.0. The van der Waals surface area contributed by atoms with E-state index >= 15 is 0 Å². The van der Waals surface area contributed by atoms with Crippen molar-refractivity contribution in [3.8, 4) is 0 Å². The lowest BCUT2D eigenvalue weighted by Crippen LogP contribution is -2.37. The molecule has 124 valence electrons. The first-order valence-corrected chi connectivity index (χ1v) is 7.37. The number of aliphatic hydroxyl groups excluding tert-OH is 1. The number of aromatic nitrogens is 1. The monoisotopic (exact) mass is 319 g/mol. The van der Waals surface area contributed by atoms with Gasteiger partial charge in [-0.1, -0.05) is 35.5 Å². The molecule has 23 heavy (non-hydrogen) atoms. The van der Waals surface area contributed by atoms with Gasteiger partial charge in [0.15, 0.2) is 5.82 Å². The number of carbonyl (C=O) groups excluding carboxylic acids is 1. The molecular weight excluding hydrogens is 298 g/mol. The van der Waals surface area contributed by atoms with Gasteiger partial charge in [0.1, 0.15) is 5.76 Å². The second-order valence-electron chi connectivity index (χ2n) is 5.20. The Morgan fingerprint density at radius 1 is 1.39 bits per heavy atom. The van der Waals surface area contributed by atoms with E-state index in [1.165, 1.54) is 0 Å². The van der Waals surface area contributed by atoms with Crippen LogP contribution in [0.4, 0.5) is 10.6 Å². The molecule has 0 aliphatic carbocycles. The van der Waals surface area contributed by atoms with Crippen LogP contribution in [0, 0.1) is 6.92 Å². The molecule has 7 nitrogen and oxygen atoms in total. The van der Waals surface area contributed by atoms with Crippen LogP contribution in [0.25, 0.3) is 0 Å². The summed E-state index contributed by atoms with van der Waals surface area (Å²) in [6, 6.07) is 10.9. The molecule has 0 bridgehead atoms. The zero-order valence-electron chi connectivity index (χ0n) is 13.2. The first kappa shape index (κ1) is 17.0. The molecule has 7 heteroatoms. The van der Waals surface area contributed by atoms with E-state index in [9.17, 15) is 9.90 Å². The second kappa shape index (κ2) is 8.30. The molecule has 3 N–H and O–H groups in total. The smallest absolute Gasteiger partial charge is 0.320 e. The van der Waals surface area contributed by atoms with Gasteiger partial charge in [-0.25, -0.2) is 4.79 Å². The van der Waals surface area contributed by atoms with Gasteiger partial charge in [0.05, 0.1) is 18.8 Å². The summed E-state index contributed by atoms with van der Waals surface area (Å²) in [6.07, 6.45) is -0.927. The van der Waals surface area contributed by atoms with Crippen molar-refractivity contribution in [2.24, 2.45) is 0 Å². The third kappa shape index (κ3) is 5.72. The fraction of sp³-hybridized carbons (Fsp3) is 0.375. The van der Waals surface area contributed by atoms with Gasteiger partial charge in [-0.05, 0) is 19.4 Å². The zero-order chi connectivity index (χ0) is 16.7. The predicted molar refractivity (Wildman–Crippen MR) is 85.1 cm³/mol. The lowest BCUT2D eigenvalue weighted by Gasteiger charge is -2.17. The summed E-state index contributed by atoms with van der Waals surface area (Å²) in [7, 11) is 0. The number of hydrogen-bond donors (Lipinski definition) is 3. The van der Waals surface area contributed by atoms with Crippen LogP contribution >= 0.6 is 0 Å². The lowest BCUT2D eigenvalue weighted by atomic mass is 10.1. The quantitative estimate of drug-likeness (QED) is 0.727. The van der Waals surface area contributed by atoms with E-state index < -0.39 is 12.1 Å². The summed E-state index contributed by atoms with van der Waals surface area (Å²) in [5.41, 5.74) is 1.03. The highest BCUT2D eigenvalue weighted by atomic mass is 16.5. The van der Waals surface area contributed by atoms with Crippen LogP contribution in [0.1, 0.15) is 24.4 Å². The lowest BCUT2D eigenvalue weighted by molar-refractivity contribution is -0.000954. The minimum Gasteiger partial charge on any atom is -0.389 e. The second-order valence-corrected chi connectivity index (χ2v) is 5.20. The number of aliphatic hydroxyl groups is 1. The van der Waals surface area contributed by atoms with E-state index in [1.807, 2.05) is 37.3 Å². The van der Waals surface area contributed by atoms with Crippen LogP contribution in [0.2, 0.25) is 0 Å². The number of hydrogen-bond acceptors (Lipinski definition) is 5. The number of ether oxygens (including phenoxy) is 1. The van der Waals surface area contributed by atoms with E-state index in [1.54, 1.807) is 13.0 Å². The van der Waals surface area contributed by atoms with Gasteiger partial charge < -0.3 is 19.7 Å². The van der Waals surface area contributed by atoms with Gasteiger partial charge in [-0.3, -0.25) is 5.32 Å². The highest BCUT2D eigenvalue weighted by Gasteiger charge is 2.12. The summed E-state index contributed by atoms with van der Waals surface area (Å²) in [5.74, 6) is 0.923. The number of nitrogens with zero attached hydrogens (tertiary/aromatic N) is 1. The Balaban J connectivity index is 1.66. The Labute approximate surface area is 134 Å². The van der Waals surface area contributed by atoms with Crippen LogP contribution in [0.3, 0.4) is 0 Å². The molecule has 0 radical (unpaired) electrons. The number of rotatable bonds is 7. The fourth-order valence-corrected chi connectivity index (χ4v) is 1.93. The highest BCUT2D eigenvalue weighted by molar-refractivity contribution is 5.88. The normalized spacial score (nSPS) is 13.3. The molecular formula is C16H21N3O4. The molecule has 2 aromatic rings. The average molecular weight is 319 g/mol. The molecule has 1 heterocycles. The molecule has 0 spiro atoms. The van der Waals surface area contributed by atoms with Crippen molar-refractivity contribution in [1.82, 2.24) is 10.5 Å². The van der Waals surface area contributed by atoms with Crippen LogP contribution in [-0.4, -0.2) is 35.5 Å². The number of benzene rings is 1. The number of anilines is 1. The Bertz CT molecular complexity index is 615. The van der Waals surface area contributed by atoms with Crippen molar-refractivity contribution in [1.29, 1.82) is 0 Å². The minimum atomic E-state index is -0.800. The molecule has 2 amide bonds. The number of urea groups is 1. The molecule has 0 aliphatic heterocycles. The Morgan fingerprint density at radius 3 is 2.78 bits per heavy atom. The number of amides is 2. The Hall–Kier alpha value is -2.38. The summed E-state index contributed by atoms with van der Waals surface area (Å²) < 4.78 is 10.4. The van der Waals surface area contributed by atoms with Crippen molar-refractivity contribution in [2.75, 3.05) is 18.5 Å². The summed E-state index contributed by atoms with van der Waals surface area (Å²) in [5, 5.41) is 18.5. The van der Waals surface area contributed by atoms with Gasteiger partial charge >= 0.3 is 6.03 Å². The van der Waals surface area contributed by atoms with Crippen molar-refractivity contribution in [2.45, 2.75) is 26.1 Å². The van der Waals surface area contributed by atoms with Crippen LogP contribution in [0.5, 0.6) is 0 Å². The largest absolute Gasteiger partial charge is 0.389 e. The van der Waals surface area contributed by atoms with E-state index in [0.717, 1.165) is 5.56 Å². The van der Waals surface area contributed by atoms with Gasteiger partial charge in [0, 0.05) is 12.6 Å². The van der Waals surface area contributed by atoms with Gasteiger partial charge in [-0.15, -0.1) is 0 Å². The highest BCUT2D eigenvalue weighted by Crippen LogP contribution is 2.15. The molecule has 0 saturated heterocycles. The topological polar surface area (TPSA) is 96.6 Å². The maximum absolute atomic E-state index is 11.6. The number of aryl methyl sites for hydroxylation is 1. The minimum absolute atomic E-state index is 0.0736. The third-order valence-corrected chi connectivity index (χ3v) is 3.18. The van der Waals surface area contributed by atoms with Crippen molar-refractivity contribution in [3.05, 3.63) is 47.7 Å². The van der Waals surface area contributed by atoms with E-state index in [-0.39, 0.29) is 19.3 Å². The van der Waals surface area contributed by atoms with Crippen LogP contribution in [-0.2, 0) is 4.74 Å². The third-order valence-electron chi connectivity index (χ3n) is 3.18. The van der Waals surface area contributed by atoms with Crippen molar-refractivity contribution >= 4 is 11.8 Å². The summed E-state index contributed by atoms with van der Waals surface area (Å²) in [6.45, 7) is 3.84. The number of carbonyl (C=O) groups is 1. The van der Waals surface area contributed by atoms with Crippen molar-refractivity contribution < 1.29 is 19.2 Å². The standard InChI is InChI=1S/C16H21N3O4/c1-11-8-15(19-23-11)18-16(21)17-9-14(20)10-22-12(2)13-6-4-3-5-7-13/h3-8,12,14,20H,9-10H2,1-2H3,(H2,17,18,19,21)/t12-,14+/m0/s1. The van der Waals surface area contributed by atoms with Gasteiger partial charge in [-0.2, -0.15) is 0 Å². The van der Waals surface area contributed by atoms with E-state index in [4.69, 9.17) is 9.26 Å². The Kier molecular flexibility index (Phi) is 6.13. The molecule has 2 rings (SSSR count). The maximum atomic E-state index is 11.6. The zero-order valence-corrected chi connectivity index (χ0v) is 13.2. The molecule has 0 saturated carbocycles. The molecule has 0 aliphatic rings. The molecule has 1 aromatic carbocycles. The summed E-state index contributed by atoms with van der Waals surface area (Å²) in [4.78, 5) is 11.6. The SMILES string of the molecule is Cc1cc(NC(=O)NC[C@@H](O)CO[C@@H](C)c2ccccc2)no1. The number of nitrogens with one attached hydrogen (secondary N) is 2. The fourth-order valence-electron chi connectivity index (χ4n) is 1.93.